The summed E-state index contributed by atoms with van der Waals surface area (Å²) in [6.45, 7) is 0. The van der Waals surface area contributed by atoms with Gasteiger partial charge < -0.3 is 0 Å². The summed E-state index contributed by atoms with van der Waals surface area (Å²) in [5.41, 5.74) is 2.87. The summed E-state index contributed by atoms with van der Waals surface area (Å²) >= 11 is 5.98. The van der Waals surface area contributed by atoms with Crippen molar-refractivity contribution in [2.24, 2.45) is 0 Å². The quantitative estimate of drug-likeness (QED) is 0.497. The summed E-state index contributed by atoms with van der Waals surface area (Å²) in [5.74, 6) is 0. The van der Waals surface area contributed by atoms with Gasteiger partial charge in [-0.1, -0.05) is 35.4 Å². The Morgan fingerprint density at radius 3 is 2.10 bits per heavy atom. The Hall–Kier alpha value is -0.425. The second-order valence-electron chi connectivity index (χ2n) is 2.77. The fourth-order valence-electron chi connectivity index (χ4n) is 1.51. The monoisotopic (exact) mass is 150 g/mol. The van der Waals surface area contributed by atoms with E-state index in [2.05, 4.69) is 24.3 Å². The van der Waals surface area contributed by atoms with E-state index in [-0.39, 0.29) is 0 Å². The number of fused-ring (bicyclic) bond motifs is 1. The smallest absolute Gasteiger partial charge is 0.195 e. The van der Waals surface area contributed by atoms with Crippen LogP contribution in [0.2, 0.25) is 0 Å². The van der Waals surface area contributed by atoms with Gasteiger partial charge in [-0.3, -0.25) is 0 Å². The molecule has 0 amide bonds. The molecular formula is C8H8BCl. The van der Waals surface area contributed by atoms with Crippen molar-refractivity contribution in [3.8, 4) is 0 Å². The normalized spacial score (nSPS) is 15.5. The summed E-state index contributed by atoms with van der Waals surface area (Å²) in [6, 6.07) is 8.48. The zero-order valence-corrected chi connectivity index (χ0v) is 6.43. The van der Waals surface area contributed by atoms with E-state index in [1.165, 1.54) is 11.1 Å². The molecule has 1 aromatic rings. The van der Waals surface area contributed by atoms with Crippen molar-refractivity contribution >= 4 is 17.6 Å². The highest BCUT2D eigenvalue weighted by molar-refractivity contribution is 7.06. The number of rotatable bonds is 0. The summed E-state index contributed by atoms with van der Waals surface area (Å²) in [7, 11) is 0. The molecule has 2 rings (SSSR count). The van der Waals surface area contributed by atoms with E-state index >= 15 is 0 Å². The zero-order chi connectivity index (χ0) is 6.97. The van der Waals surface area contributed by atoms with Crippen LogP contribution in [0.15, 0.2) is 24.3 Å². The average Bonchev–Trinajstić information content (AvgIpc) is 2.27. The van der Waals surface area contributed by atoms with Crippen LogP contribution in [0.5, 0.6) is 0 Å². The van der Waals surface area contributed by atoms with Crippen molar-refractivity contribution in [3.63, 3.8) is 0 Å². The van der Waals surface area contributed by atoms with Crippen LogP contribution >= 0.6 is 11.5 Å². The molecule has 0 N–H and O–H groups in total. The Morgan fingerprint density at radius 1 is 1.10 bits per heavy atom. The Bertz CT molecular complexity index is 222. The van der Waals surface area contributed by atoms with Crippen molar-refractivity contribution < 1.29 is 0 Å². The highest BCUT2D eigenvalue weighted by Gasteiger charge is 2.21. The highest BCUT2D eigenvalue weighted by Crippen LogP contribution is 2.22. The maximum atomic E-state index is 5.98. The predicted octanol–water partition coefficient (Wildman–Crippen LogP) is 2.09. The molecule has 1 aromatic carbocycles. The van der Waals surface area contributed by atoms with Crippen LogP contribution in [0.4, 0.5) is 0 Å². The summed E-state index contributed by atoms with van der Waals surface area (Å²) < 4.78 is 0. The molecule has 0 unspecified atom stereocenters. The fourth-order valence-corrected chi connectivity index (χ4v) is 1.84. The topological polar surface area (TPSA) is 0 Å². The van der Waals surface area contributed by atoms with E-state index in [0.717, 1.165) is 12.6 Å². The standard InChI is InChI=1S/C8H8BCl/c10-9-5-7-3-1-2-4-8(7)6-9/h1-4H,5-6H2. The molecule has 0 atom stereocenters. The molecule has 0 fully saturated rings. The van der Waals surface area contributed by atoms with Crippen LogP contribution in [-0.2, 0) is 12.6 Å². The van der Waals surface area contributed by atoms with Gasteiger partial charge in [-0.15, -0.1) is 0 Å². The second-order valence-corrected chi connectivity index (χ2v) is 3.39. The molecule has 0 saturated heterocycles. The molecule has 0 spiro atoms. The van der Waals surface area contributed by atoms with Crippen molar-refractivity contribution in [3.05, 3.63) is 35.4 Å². The van der Waals surface area contributed by atoms with Gasteiger partial charge in [0.25, 0.3) is 6.13 Å². The Labute approximate surface area is 66.2 Å². The lowest BCUT2D eigenvalue weighted by Crippen LogP contribution is -2.01. The molecule has 0 bridgehead atoms. The summed E-state index contributed by atoms with van der Waals surface area (Å²) in [4.78, 5) is 0. The van der Waals surface area contributed by atoms with Crippen molar-refractivity contribution in [2.75, 3.05) is 0 Å². The maximum Gasteiger partial charge on any atom is 0.259 e. The molecule has 2 heteroatoms. The molecule has 1 heterocycles. The molecule has 0 aliphatic carbocycles. The van der Waals surface area contributed by atoms with Crippen molar-refractivity contribution in [1.82, 2.24) is 0 Å². The number of halogens is 1. The van der Waals surface area contributed by atoms with Crippen LogP contribution in [0.1, 0.15) is 11.1 Å². The first-order chi connectivity index (χ1) is 4.86. The Balaban J connectivity index is 2.42. The largest absolute Gasteiger partial charge is 0.259 e. The minimum absolute atomic E-state index is 0.345. The molecule has 1 aliphatic rings. The van der Waals surface area contributed by atoms with E-state index in [1.54, 1.807) is 0 Å². The first kappa shape index (κ1) is 6.30. The van der Waals surface area contributed by atoms with Gasteiger partial charge in [0.2, 0.25) is 0 Å². The third-order valence-corrected chi connectivity index (χ3v) is 2.31. The summed E-state index contributed by atoms with van der Waals surface area (Å²) in [5, 5.41) is 0. The van der Waals surface area contributed by atoms with Gasteiger partial charge in [-0.2, -0.15) is 11.5 Å². The lowest BCUT2D eigenvalue weighted by molar-refractivity contribution is 1.35. The molecule has 0 aromatic heterocycles. The minimum Gasteiger partial charge on any atom is -0.195 e. The van der Waals surface area contributed by atoms with Crippen LogP contribution in [0, 0.1) is 0 Å². The molecule has 0 saturated carbocycles. The fraction of sp³-hybridized carbons (Fsp3) is 0.250. The minimum atomic E-state index is 0.345. The van der Waals surface area contributed by atoms with Gasteiger partial charge in [0.15, 0.2) is 0 Å². The third kappa shape index (κ3) is 0.949. The van der Waals surface area contributed by atoms with Gasteiger partial charge >= 0.3 is 0 Å². The van der Waals surface area contributed by atoms with E-state index < -0.39 is 0 Å². The molecule has 0 radical (unpaired) electrons. The second kappa shape index (κ2) is 2.32. The van der Waals surface area contributed by atoms with Crippen molar-refractivity contribution in [1.29, 1.82) is 0 Å². The molecular weight excluding hydrogens is 142 g/mol. The van der Waals surface area contributed by atoms with Crippen LogP contribution in [-0.4, -0.2) is 6.13 Å². The molecule has 10 heavy (non-hydrogen) atoms. The Kier molecular flexibility index (Phi) is 1.46. The highest BCUT2D eigenvalue weighted by atomic mass is 35.5. The molecule has 1 aliphatic heterocycles. The zero-order valence-electron chi connectivity index (χ0n) is 5.68. The predicted molar refractivity (Wildman–Crippen MR) is 45.5 cm³/mol. The number of benzene rings is 1. The van der Waals surface area contributed by atoms with Gasteiger partial charge in [-0.25, -0.2) is 0 Å². The van der Waals surface area contributed by atoms with Crippen LogP contribution in [0.3, 0.4) is 0 Å². The third-order valence-electron chi connectivity index (χ3n) is 2.00. The van der Waals surface area contributed by atoms with Gasteiger partial charge in [-0.05, 0) is 12.6 Å². The number of hydrogen-bond acceptors (Lipinski definition) is 0. The van der Waals surface area contributed by atoms with E-state index in [0.29, 0.717) is 6.13 Å². The van der Waals surface area contributed by atoms with E-state index in [9.17, 15) is 0 Å². The molecule has 0 nitrogen and oxygen atoms in total. The first-order valence-corrected chi connectivity index (χ1v) is 4.01. The van der Waals surface area contributed by atoms with Crippen molar-refractivity contribution in [2.45, 2.75) is 12.6 Å². The van der Waals surface area contributed by atoms with E-state index in [4.69, 9.17) is 11.5 Å². The first-order valence-electron chi connectivity index (χ1n) is 3.57. The SMILES string of the molecule is ClB1Cc2ccccc2C1. The summed E-state index contributed by atoms with van der Waals surface area (Å²) in [6.07, 6.45) is 2.45. The van der Waals surface area contributed by atoms with Crippen LogP contribution in [0.25, 0.3) is 0 Å². The maximum absolute atomic E-state index is 5.98. The van der Waals surface area contributed by atoms with Crippen LogP contribution < -0.4 is 0 Å². The average molecular weight is 150 g/mol. The lowest BCUT2D eigenvalue weighted by atomic mass is 9.73. The lowest BCUT2D eigenvalue weighted by Gasteiger charge is -1.93. The Morgan fingerprint density at radius 2 is 1.60 bits per heavy atom. The van der Waals surface area contributed by atoms with Gasteiger partial charge in [0, 0.05) is 0 Å². The van der Waals surface area contributed by atoms with Gasteiger partial charge in [0.1, 0.15) is 0 Å². The number of hydrogen-bond donors (Lipinski definition) is 0. The van der Waals surface area contributed by atoms with Gasteiger partial charge in [0.05, 0.1) is 0 Å². The molecule has 50 valence electrons. The van der Waals surface area contributed by atoms with E-state index in [1.807, 2.05) is 0 Å².